The second-order valence-corrected chi connectivity index (χ2v) is 6.63. The molecule has 0 bridgehead atoms. The lowest BCUT2D eigenvalue weighted by Gasteiger charge is -2.22. The van der Waals surface area contributed by atoms with Crippen molar-refractivity contribution >= 4 is 21.9 Å². The topological polar surface area (TPSA) is 52.8 Å². The van der Waals surface area contributed by atoms with Crippen LogP contribution in [0.15, 0.2) is 46.0 Å². The van der Waals surface area contributed by atoms with E-state index in [1.807, 2.05) is 44.6 Å². The van der Waals surface area contributed by atoms with Gasteiger partial charge in [-0.05, 0) is 40.0 Å². The summed E-state index contributed by atoms with van der Waals surface area (Å²) in [6, 6.07) is 9.96. The predicted molar refractivity (Wildman–Crippen MR) is 102 cm³/mol. The summed E-state index contributed by atoms with van der Waals surface area (Å²) < 4.78 is 3.18. The predicted octanol–water partition coefficient (Wildman–Crippen LogP) is 2.88. The number of aliphatic imine (C=N–C) groups is 1. The molecule has 2 rings (SSSR count). The molecule has 0 unspecified atom stereocenters. The zero-order valence-electron chi connectivity index (χ0n) is 14.5. The van der Waals surface area contributed by atoms with Gasteiger partial charge in [0.05, 0.1) is 19.7 Å². The molecule has 0 aliphatic rings. The summed E-state index contributed by atoms with van der Waals surface area (Å²) in [7, 11) is 4.07. The lowest BCUT2D eigenvalue weighted by Crippen LogP contribution is -2.38. The summed E-state index contributed by atoms with van der Waals surface area (Å²) in [5.74, 6) is 0.850. The molecular formula is C18H25BrN4O. The Balaban J connectivity index is 2.13. The summed E-state index contributed by atoms with van der Waals surface area (Å²) in [6.45, 7) is 4.21. The Bertz CT molecular complexity index is 696. The smallest absolute Gasteiger partial charge is 0.194 e. The highest BCUT2D eigenvalue weighted by Crippen LogP contribution is 2.15. The van der Waals surface area contributed by atoms with Crippen molar-refractivity contribution in [2.45, 2.75) is 26.6 Å². The van der Waals surface area contributed by atoms with E-state index in [4.69, 9.17) is 4.99 Å². The maximum atomic E-state index is 9.44. The quantitative estimate of drug-likeness (QED) is 0.586. The molecule has 0 spiro atoms. The van der Waals surface area contributed by atoms with E-state index >= 15 is 0 Å². The zero-order chi connectivity index (χ0) is 17.5. The van der Waals surface area contributed by atoms with Crippen LogP contribution in [0.3, 0.4) is 0 Å². The molecule has 0 atom stereocenters. The minimum atomic E-state index is 0.0372. The molecule has 1 aromatic carbocycles. The molecule has 6 heteroatoms. The molecule has 2 N–H and O–H groups in total. The summed E-state index contributed by atoms with van der Waals surface area (Å²) in [5.41, 5.74) is 3.17. The first-order chi connectivity index (χ1) is 11.5. The third-order valence-corrected chi connectivity index (χ3v) is 4.29. The first-order valence-corrected chi connectivity index (χ1v) is 8.82. The summed E-state index contributed by atoms with van der Waals surface area (Å²) in [5, 5.41) is 12.8. The molecule has 0 saturated carbocycles. The molecule has 1 aromatic heterocycles. The van der Waals surface area contributed by atoms with Crippen LogP contribution < -0.4 is 5.32 Å². The van der Waals surface area contributed by atoms with Crippen LogP contribution >= 0.6 is 15.9 Å². The van der Waals surface area contributed by atoms with Gasteiger partial charge in [0.25, 0.3) is 0 Å². The van der Waals surface area contributed by atoms with Gasteiger partial charge in [0.1, 0.15) is 0 Å². The SMILES string of the molecule is CCNC(=NCc1ccccc1CO)N(C)Cc1cc(Br)cn1C. The van der Waals surface area contributed by atoms with Crippen molar-refractivity contribution in [3.05, 3.63) is 57.8 Å². The second-order valence-electron chi connectivity index (χ2n) is 5.71. The number of hydrogen-bond donors (Lipinski definition) is 2. The van der Waals surface area contributed by atoms with Crippen molar-refractivity contribution in [2.75, 3.05) is 13.6 Å². The van der Waals surface area contributed by atoms with Gasteiger partial charge in [-0.1, -0.05) is 24.3 Å². The summed E-state index contributed by atoms with van der Waals surface area (Å²) >= 11 is 3.51. The van der Waals surface area contributed by atoms with Gasteiger partial charge in [-0.3, -0.25) is 0 Å². The molecule has 2 aromatic rings. The number of rotatable bonds is 6. The average Bonchev–Trinajstić information content (AvgIpc) is 2.88. The van der Waals surface area contributed by atoms with Crippen LogP contribution in [0.25, 0.3) is 0 Å². The molecule has 0 fully saturated rings. The van der Waals surface area contributed by atoms with Crippen molar-refractivity contribution in [3.8, 4) is 0 Å². The molecule has 0 amide bonds. The van der Waals surface area contributed by atoms with Gasteiger partial charge in [-0.25, -0.2) is 4.99 Å². The first kappa shape index (κ1) is 18.5. The van der Waals surface area contributed by atoms with Gasteiger partial charge < -0.3 is 19.9 Å². The van der Waals surface area contributed by atoms with Gasteiger partial charge in [0, 0.05) is 37.0 Å². The minimum absolute atomic E-state index is 0.0372. The molecule has 0 aliphatic carbocycles. The number of aromatic nitrogens is 1. The molecule has 24 heavy (non-hydrogen) atoms. The van der Waals surface area contributed by atoms with Crippen LogP contribution in [0.4, 0.5) is 0 Å². The molecule has 0 radical (unpaired) electrons. The Labute approximate surface area is 152 Å². The van der Waals surface area contributed by atoms with E-state index in [2.05, 4.69) is 43.7 Å². The standard InChI is InChI=1S/C18H25BrN4O/c1-4-20-18(21-10-14-7-5-6-8-15(14)13-24)23(3)12-17-9-16(19)11-22(17)2/h5-9,11,24H,4,10,12-13H2,1-3H3,(H,20,21). The van der Waals surface area contributed by atoms with E-state index in [1.165, 1.54) is 5.69 Å². The highest BCUT2D eigenvalue weighted by atomic mass is 79.9. The van der Waals surface area contributed by atoms with Crippen LogP contribution in [0.5, 0.6) is 0 Å². The second kappa shape index (κ2) is 8.89. The van der Waals surface area contributed by atoms with Gasteiger partial charge in [0.15, 0.2) is 5.96 Å². The Hall–Kier alpha value is -1.79. The van der Waals surface area contributed by atoms with Crippen molar-refractivity contribution in [1.29, 1.82) is 0 Å². The highest BCUT2D eigenvalue weighted by molar-refractivity contribution is 9.10. The van der Waals surface area contributed by atoms with Crippen LogP contribution in [-0.4, -0.2) is 34.1 Å². The van der Waals surface area contributed by atoms with E-state index in [1.54, 1.807) is 0 Å². The maximum absolute atomic E-state index is 9.44. The number of nitrogens with zero attached hydrogens (tertiary/aromatic N) is 3. The lowest BCUT2D eigenvalue weighted by atomic mass is 10.1. The highest BCUT2D eigenvalue weighted by Gasteiger charge is 2.10. The van der Waals surface area contributed by atoms with Crippen LogP contribution in [0.1, 0.15) is 23.7 Å². The number of aliphatic hydroxyl groups excluding tert-OH is 1. The number of hydrogen-bond acceptors (Lipinski definition) is 2. The monoisotopic (exact) mass is 392 g/mol. The molecule has 1 heterocycles. The third kappa shape index (κ3) is 4.85. The van der Waals surface area contributed by atoms with E-state index in [0.717, 1.165) is 34.6 Å². The third-order valence-electron chi connectivity index (χ3n) is 3.86. The van der Waals surface area contributed by atoms with E-state index in [9.17, 15) is 5.11 Å². The van der Waals surface area contributed by atoms with Gasteiger partial charge in [-0.15, -0.1) is 0 Å². The first-order valence-electron chi connectivity index (χ1n) is 8.03. The van der Waals surface area contributed by atoms with Crippen molar-refractivity contribution in [2.24, 2.45) is 12.0 Å². The molecule has 130 valence electrons. The van der Waals surface area contributed by atoms with Gasteiger partial charge in [-0.2, -0.15) is 0 Å². The fourth-order valence-corrected chi connectivity index (χ4v) is 3.11. The van der Waals surface area contributed by atoms with Gasteiger partial charge >= 0.3 is 0 Å². The Morgan fingerprint density at radius 3 is 2.62 bits per heavy atom. The van der Waals surface area contributed by atoms with Crippen molar-refractivity contribution < 1.29 is 5.11 Å². The lowest BCUT2D eigenvalue weighted by molar-refractivity contribution is 0.280. The summed E-state index contributed by atoms with van der Waals surface area (Å²) in [6.07, 6.45) is 2.05. The fraction of sp³-hybridized carbons (Fsp3) is 0.389. The number of nitrogens with one attached hydrogen (secondary N) is 1. The van der Waals surface area contributed by atoms with Gasteiger partial charge in [0.2, 0.25) is 0 Å². The number of aryl methyl sites for hydroxylation is 1. The van der Waals surface area contributed by atoms with Crippen LogP contribution in [-0.2, 0) is 26.7 Å². The Morgan fingerprint density at radius 2 is 2.04 bits per heavy atom. The van der Waals surface area contributed by atoms with E-state index in [0.29, 0.717) is 6.54 Å². The fourth-order valence-electron chi connectivity index (χ4n) is 2.54. The van der Waals surface area contributed by atoms with Crippen molar-refractivity contribution in [1.82, 2.24) is 14.8 Å². The van der Waals surface area contributed by atoms with Crippen LogP contribution in [0.2, 0.25) is 0 Å². The van der Waals surface area contributed by atoms with Crippen molar-refractivity contribution in [3.63, 3.8) is 0 Å². The minimum Gasteiger partial charge on any atom is -0.392 e. The number of guanidine groups is 1. The number of aliphatic hydroxyl groups is 1. The Kier molecular flexibility index (Phi) is 6.87. The van der Waals surface area contributed by atoms with Crippen LogP contribution in [0, 0.1) is 0 Å². The zero-order valence-corrected chi connectivity index (χ0v) is 16.0. The molecule has 0 saturated heterocycles. The molecule has 0 aliphatic heterocycles. The number of halogens is 1. The Morgan fingerprint density at radius 1 is 1.33 bits per heavy atom. The summed E-state index contributed by atoms with van der Waals surface area (Å²) in [4.78, 5) is 6.83. The average molecular weight is 393 g/mol. The largest absolute Gasteiger partial charge is 0.392 e. The maximum Gasteiger partial charge on any atom is 0.194 e. The molecule has 5 nitrogen and oxygen atoms in total. The van der Waals surface area contributed by atoms with E-state index < -0.39 is 0 Å². The normalized spacial score (nSPS) is 11.6. The number of benzene rings is 1. The van der Waals surface area contributed by atoms with E-state index in [-0.39, 0.29) is 6.61 Å². The molecular weight excluding hydrogens is 368 g/mol.